The third kappa shape index (κ3) is 5.05. The van der Waals surface area contributed by atoms with Crippen molar-refractivity contribution in [2.75, 3.05) is 26.5 Å². The Balaban J connectivity index is 2.64. The van der Waals surface area contributed by atoms with E-state index < -0.39 is 0 Å². The molecule has 0 heterocycles. The topological polar surface area (TPSA) is 41.5 Å². The van der Waals surface area contributed by atoms with Gasteiger partial charge in [0.05, 0.1) is 7.11 Å². The molecule has 0 aliphatic heterocycles. The lowest BCUT2D eigenvalue weighted by Gasteiger charge is -2.24. The summed E-state index contributed by atoms with van der Waals surface area (Å²) in [5.74, 6) is 2.21. The molecule has 108 valence electrons. The molecule has 0 radical (unpaired) electrons. The van der Waals surface area contributed by atoms with Crippen molar-refractivity contribution in [3.8, 4) is 5.75 Å². The molecular weight excluding hydrogens is 258 g/mol. The highest BCUT2D eigenvalue weighted by Crippen LogP contribution is 2.28. The van der Waals surface area contributed by atoms with Gasteiger partial charge in [0.2, 0.25) is 0 Å². The zero-order valence-corrected chi connectivity index (χ0v) is 13.0. The van der Waals surface area contributed by atoms with E-state index in [1.165, 1.54) is 5.56 Å². The fourth-order valence-corrected chi connectivity index (χ4v) is 3.17. The smallest absolute Gasteiger partial charge is 0.118 e. The summed E-state index contributed by atoms with van der Waals surface area (Å²) in [5.41, 5.74) is 1.26. The van der Waals surface area contributed by atoms with E-state index in [1.807, 2.05) is 30.9 Å². The third-order valence-electron chi connectivity index (χ3n) is 3.21. The number of methoxy groups -OCH3 is 1. The second kappa shape index (κ2) is 8.46. The van der Waals surface area contributed by atoms with Crippen LogP contribution in [0.3, 0.4) is 0 Å². The lowest BCUT2D eigenvalue weighted by molar-refractivity contribution is 0.250. The molecule has 4 heteroatoms. The molecule has 0 aliphatic rings. The molecule has 0 spiro atoms. The predicted molar refractivity (Wildman–Crippen MR) is 83.0 cm³/mol. The molecule has 1 rings (SSSR count). The normalized spacial score (nSPS) is 15.8. The second-order valence-corrected chi connectivity index (χ2v) is 6.28. The van der Waals surface area contributed by atoms with E-state index in [-0.39, 0.29) is 6.61 Å². The molecule has 19 heavy (non-hydrogen) atoms. The monoisotopic (exact) mass is 283 g/mol. The zero-order valence-electron chi connectivity index (χ0n) is 12.2. The fraction of sp³-hybridized carbons (Fsp3) is 0.600. The molecule has 0 fully saturated rings. The minimum absolute atomic E-state index is 0.256. The number of thioether (sulfide) groups is 1. The molecule has 0 saturated heterocycles. The van der Waals surface area contributed by atoms with Gasteiger partial charge in [0.15, 0.2) is 0 Å². The average molecular weight is 283 g/mol. The van der Waals surface area contributed by atoms with E-state index in [9.17, 15) is 0 Å². The van der Waals surface area contributed by atoms with Gasteiger partial charge in [-0.05, 0) is 36.4 Å². The lowest BCUT2D eigenvalue weighted by atomic mass is 10.0. The Labute approximate surface area is 120 Å². The van der Waals surface area contributed by atoms with Crippen LogP contribution >= 0.6 is 11.8 Å². The number of hydrogen-bond donors (Lipinski definition) is 2. The molecule has 0 aromatic heterocycles. The van der Waals surface area contributed by atoms with Crippen molar-refractivity contribution in [2.45, 2.75) is 25.1 Å². The quantitative estimate of drug-likeness (QED) is 0.770. The summed E-state index contributed by atoms with van der Waals surface area (Å²) in [7, 11) is 3.67. The Morgan fingerprint density at radius 3 is 2.37 bits per heavy atom. The molecule has 0 bridgehead atoms. The number of ether oxygens (including phenoxy) is 1. The lowest BCUT2D eigenvalue weighted by Crippen LogP contribution is -2.26. The standard InChI is InChI=1S/C15H25NO2S/c1-11(9-17)10-19-12(2)15(16-3)13-5-7-14(18-4)8-6-13/h5-8,11-12,15-17H,9-10H2,1-4H3. The summed E-state index contributed by atoms with van der Waals surface area (Å²) in [6.45, 7) is 4.55. The summed E-state index contributed by atoms with van der Waals surface area (Å²) < 4.78 is 5.18. The van der Waals surface area contributed by atoms with Crippen LogP contribution in [0.25, 0.3) is 0 Å². The first kappa shape index (κ1) is 16.3. The van der Waals surface area contributed by atoms with Crippen LogP contribution in [0.4, 0.5) is 0 Å². The average Bonchev–Trinajstić information content (AvgIpc) is 2.46. The van der Waals surface area contributed by atoms with Crippen molar-refractivity contribution < 1.29 is 9.84 Å². The minimum Gasteiger partial charge on any atom is -0.497 e. The Hall–Kier alpha value is -0.710. The number of hydrogen-bond acceptors (Lipinski definition) is 4. The van der Waals surface area contributed by atoms with Crippen LogP contribution in [0.1, 0.15) is 25.5 Å². The van der Waals surface area contributed by atoms with Crippen molar-refractivity contribution >= 4 is 11.8 Å². The first-order valence-electron chi connectivity index (χ1n) is 6.66. The van der Waals surface area contributed by atoms with Gasteiger partial charge in [-0.2, -0.15) is 11.8 Å². The number of nitrogens with one attached hydrogen (secondary N) is 1. The number of aliphatic hydroxyl groups is 1. The van der Waals surface area contributed by atoms with Crippen LogP contribution in [0.2, 0.25) is 0 Å². The van der Waals surface area contributed by atoms with Crippen LogP contribution in [0.15, 0.2) is 24.3 Å². The molecule has 3 nitrogen and oxygen atoms in total. The molecule has 3 unspecified atom stereocenters. The molecule has 1 aromatic rings. The first-order valence-corrected chi connectivity index (χ1v) is 7.70. The van der Waals surface area contributed by atoms with Gasteiger partial charge in [0.1, 0.15) is 5.75 Å². The number of rotatable bonds is 8. The van der Waals surface area contributed by atoms with Crippen molar-refractivity contribution in [2.24, 2.45) is 5.92 Å². The van der Waals surface area contributed by atoms with Gasteiger partial charge < -0.3 is 15.2 Å². The van der Waals surface area contributed by atoms with Gasteiger partial charge in [-0.1, -0.05) is 26.0 Å². The molecule has 3 atom stereocenters. The Bertz CT molecular complexity index is 356. The summed E-state index contributed by atoms with van der Waals surface area (Å²) >= 11 is 1.89. The van der Waals surface area contributed by atoms with Crippen molar-refractivity contribution in [3.63, 3.8) is 0 Å². The maximum Gasteiger partial charge on any atom is 0.118 e. The summed E-state index contributed by atoms with van der Waals surface area (Å²) in [5, 5.41) is 12.9. The second-order valence-electron chi connectivity index (χ2n) is 4.87. The highest BCUT2D eigenvalue weighted by Gasteiger charge is 2.18. The SMILES string of the molecule is CNC(c1ccc(OC)cc1)C(C)SCC(C)CO. The van der Waals surface area contributed by atoms with Gasteiger partial charge in [-0.25, -0.2) is 0 Å². The van der Waals surface area contributed by atoms with Crippen LogP contribution in [0, 0.1) is 5.92 Å². The van der Waals surface area contributed by atoms with E-state index in [2.05, 4.69) is 31.3 Å². The Morgan fingerprint density at radius 1 is 1.26 bits per heavy atom. The predicted octanol–water partition coefficient (Wildman–Crippen LogP) is 2.71. The van der Waals surface area contributed by atoms with E-state index in [4.69, 9.17) is 9.84 Å². The Kier molecular flexibility index (Phi) is 7.28. The highest BCUT2D eigenvalue weighted by molar-refractivity contribution is 7.99. The van der Waals surface area contributed by atoms with Gasteiger partial charge in [0.25, 0.3) is 0 Å². The van der Waals surface area contributed by atoms with E-state index in [1.54, 1.807) is 7.11 Å². The van der Waals surface area contributed by atoms with Crippen LogP contribution in [-0.2, 0) is 0 Å². The van der Waals surface area contributed by atoms with Gasteiger partial charge >= 0.3 is 0 Å². The summed E-state index contributed by atoms with van der Waals surface area (Å²) in [6, 6.07) is 8.50. The summed E-state index contributed by atoms with van der Waals surface area (Å²) in [6.07, 6.45) is 0. The Morgan fingerprint density at radius 2 is 1.89 bits per heavy atom. The maximum atomic E-state index is 9.08. The largest absolute Gasteiger partial charge is 0.497 e. The minimum atomic E-state index is 0.256. The first-order chi connectivity index (χ1) is 9.12. The number of aliphatic hydroxyl groups excluding tert-OH is 1. The van der Waals surface area contributed by atoms with Crippen molar-refractivity contribution in [1.82, 2.24) is 5.32 Å². The molecule has 0 amide bonds. The van der Waals surface area contributed by atoms with E-state index in [0.717, 1.165) is 11.5 Å². The van der Waals surface area contributed by atoms with Crippen molar-refractivity contribution in [3.05, 3.63) is 29.8 Å². The van der Waals surface area contributed by atoms with Crippen molar-refractivity contribution in [1.29, 1.82) is 0 Å². The third-order valence-corrected chi connectivity index (χ3v) is 4.77. The highest BCUT2D eigenvalue weighted by atomic mass is 32.2. The zero-order chi connectivity index (χ0) is 14.3. The number of benzene rings is 1. The van der Waals surface area contributed by atoms with Gasteiger partial charge in [-0.3, -0.25) is 0 Å². The van der Waals surface area contributed by atoms with Crippen LogP contribution in [-0.4, -0.2) is 36.9 Å². The van der Waals surface area contributed by atoms with E-state index in [0.29, 0.717) is 17.2 Å². The molecule has 0 saturated carbocycles. The summed E-state index contributed by atoms with van der Waals surface area (Å²) in [4.78, 5) is 0. The van der Waals surface area contributed by atoms with E-state index >= 15 is 0 Å². The molecule has 1 aromatic carbocycles. The molecule has 0 aliphatic carbocycles. The molecule has 2 N–H and O–H groups in total. The van der Waals surface area contributed by atoms with Gasteiger partial charge in [-0.15, -0.1) is 0 Å². The van der Waals surface area contributed by atoms with Crippen LogP contribution in [0.5, 0.6) is 5.75 Å². The fourth-order valence-electron chi connectivity index (χ4n) is 1.95. The van der Waals surface area contributed by atoms with Gasteiger partial charge in [0, 0.05) is 17.9 Å². The molecular formula is C15H25NO2S. The maximum absolute atomic E-state index is 9.08. The van der Waals surface area contributed by atoms with Crippen LogP contribution < -0.4 is 10.1 Å².